The molecule has 0 bridgehead atoms. The Balaban J connectivity index is 0. The lowest BCUT2D eigenvalue weighted by Gasteiger charge is -2.23. The maximum Gasteiger partial charge on any atom is 0.290 e. The Bertz CT molecular complexity index is 1070. The third-order valence-electron chi connectivity index (χ3n) is 12.0. The molecule has 342 valence electrons. The molecule has 0 spiro atoms. The molecule has 0 aliphatic rings. The fourth-order valence-electron chi connectivity index (χ4n) is 8.34. The summed E-state index contributed by atoms with van der Waals surface area (Å²) in [6, 6.07) is 0. The Morgan fingerprint density at radius 3 is 1.16 bits per heavy atom. The number of nitrogens with one attached hydrogen (secondary N) is 2. The van der Waals surface area contributed by atoms with Crippen molar-refractivity contribution < 1.29 is 19.8 Å². The summed E-state index contributed by atoms with van der Waals surface area (Å²) in [5.41, 5.74) is 0.170. The van der Waals surface area contributed by atoms with E-state index in [2.05, 4.69) is 43.2 Å². The lowest BCUT2D eigenvalue weighted by molar-refractivity contribution is -0.123. The summed E-state index contributed by atoms with van der Waals surface area (Å²) in [4.78, 5) is 43.1. The molecule has 2 unspecified atom stereocenters. The van der Waals surface area contributed by atoms with E-state index in [0.717, 1.165) is 31.3 Å². The first-order valence-electron chi connectivity index (χ1n) is 24.5. The van der Waals surface area contributed by atoms with Gasteiger partial charge in [0, 0.05) is 13.6 Å². The van der Waals surface area contributed by atoms with Gasteiger partial charge < -0.3 is 25.7 Å². The molecule has 0 aromatic heterocycles. The van der Waals surface area contributed by atoms with Crippen molar-refractivity contribution in [3.05, 3.63) is 20.4 Å². The molecular weight excluding hydrogens is 727 g/mol. The molecule has 58 heavy (non-hydrogen) atoms. The molecular formula is C49H95N3O6. The fourth-order valence-corrected chi connectivity index (χ4v) is 8.34. The van der Waals surface area contributed by atoms with Crippen molar-refractivity contribution in [2.75, 3.05) is 43.9 Å². The van der Waals surface area contributed by atoms with Crippen LogP contribution in [0.2, 0.25) is 0 Å². The lowest BCUT2D eigenvalue weighted by atomic mass is 9.89. The number of rotatable bonds is 41. The van der Waals surface area contributed by atoms with Gasteiger partial charge in [-0.05, 0) is 50.7 Å². The van der Waals surface area contributed by atoms with Gasteiger partial charge in [-0.2, -0.15) is 0 Å². The Morgan fingerprint density at radius 2 is 0.776 bits per heavy atom. The Hall–Kier alpha value is -2.42. The average molecular weight is 822 g/mol. The standard InChI is InChI=1S/C47H91N3O2.2CH2O2/c1-6-10-13-16-20-26-33-42(9-4)34-27-21-17-23-30-39-50(41-32-38-49-45-44(48-5)46(51)47(45)52)40-31-24-18-22-29-37-43(35-25-15-12-8-3)36-28-19-14-11-7-2;2*2-1-3/h42-43,48-49H,6-41H2,1-5H3;2*1H,(H,2,3). The van der Waals surface area contributed by atoms with Crippen molar-refractivity contribution in [1.82, 2.24) is 4.90 Å². The molecule has 9 heteroatoms. The summed E-state index contributed by atoms with van der Waals surface area (Å²) in [7, 11) is 1.71. The van der Waals surface area contributed by atoms with Crippen LogP contribution in [0.15, 0.2) is 9.59 Å². The van der Waals surface area contributed by atoms with Gasteiger partial charge in [0.05, 0.1) is 0 Å². The van der Waals surface area contributed by atoms with Gasteiger partial charge >= 0.3 is 0 Å². The smallest absolute Gasteiger partial charge is 0.290 e. The number of nitrogens with zero attached hydrogens (tertiary/aromatic N) is 1. The first-order valence-corrected chi connectivity index (χ1v) is 24.5. The largest absolute Gasteiger partial charge is 0.483 e. The van der Waals surface area contributed by atoms with Crippen LogP contribution in [0.4, 0.5) is 11.4 Å². The molecule has 0 amide bonds. The maximum absolute atomic E-state index is 12.0. The molecule has 1 aromatic rings. The highest BCUT2D eigenvalue weighted by atomic mass is 16.3. The summed E-state index contributed by atoms with van der Waals surface area (Å²) < 4.78 is 0. The van der Waals surface area contributed by atoms with E-state index >= 15 is 0 Å². The van der Waals surface area contributed by atoms with E-state index in [0.29, 0.717) is 11.4 Å². The van der Waals surface area contributed by atoms with Gasteiger partial charge in [-0.1, -0.05) is 214 Å². The molecule has 0 fully saturated rings. The molecule has 4 N–H and O–H groups in total. The normalized spacial score (nSPS) is 12.0. The third-order valence-corrected chi connectivity index (χ3v) is 12.0. The second-order valence-electron chi connectivity index (χ2n) is 16.9. The number of carbonyl (C=O) groups is 2. The van der Waals surface area contributed by atoms with Gasteiger partial charge in [-0.3, -0.25) is 19.2 Å². The number of unbranched alkanes of at least 4 members (excludes halogenated alkanes) is 20. The van der Waals surface area contributed by atoms with E-state index < -0.39 is 0 Å². The second kappa shape index (κ2) is 45.7. The SMILES string of the molecule is CCCCCCCCC(CC)CCCCCCCN(CCCCCCCC(CCCCCC)CCCCCCC)CCCNc1c(NC)c(=O)c1=O.O=CO.O=CO. The summed E-state index contributed by atoms with van der Waals surface area (Å²) >= 11 is 0. The molecule has 1 aromatic carbocycles. The molecule has 2 atom stereocenters. The highest BCUT2D eigenvalue weighted by molar-refractivity contribution is 5.73. The zero-order chi connectivity index (χ0) is 43.3. The van der Waals surface area contributed by atoms with Gasteiger partial charge in [0.1, 0.15) is 11.4 Å². The predicted octanol–water partition coefficient (Wildman–Crippen LogP) is 13.2. The zero-order valence-electron chi connectivity index (χ0n) is 38.7. The van der Waals surface area contributed by atoms with Gasteiger partial charge in [0.15, 0.2) is 0 Å². The molecule has 1 rings (SSSR count). The minimum atomic E-state index is -0.389. The summed E-state index contributed by atoms with van der Waals surface area (Å²) in [5, 5.41) is 19.9. The lowest BCUT2D eigenvalue weighted by Crippen LogP contribution is -2.37. The fraction of sp³-hybridized carbons (Fsp3) is 0.878. The van der Waals surface area contributed by atoms with Crippen molar-refractivity contribution in [2.45, 2.75) is 233 Å². The molecule has 0 heterocycles. The number of carboxylic acid groups (broad SMARTS) is 2. The topological polar surface area (TPSA) is 136 Å². The van der Waals surface area contributed by atoms with Gasteiger partial charge in [-0.15, -0.1) is 0 Å². The summed E-state index contributed by atoms with van der Waals surface area (Å²) in [6.07, 6.45) is 44.5. The van der Waals surface area contributed by atoms with Crippen LogP contribution in [0.1, 0.15) is 233 Å². The van der Waals surface area contributed by atoms with E-state index in [-0.39, 0.29) is 23.8 Å². The minimum absolute atomic E-state index is 0.250. The monoisotopic (exact) mass is 822 g/mol. The van der Waals surface area contributed by atoms with Crippen molar-refractivity contribution in [3.8, 4) is 0 Å². The van der Waals surface area contributed by atoms with E-state index in [9.17, 15) is 9.59 Å². The number of hydrogen-bond donors (Lipinski definition) is 4. The Kier molecular flexibility index (Phi) is 45.4. The maximum atomic E-state index is 12.0. The van der Waals surface area contributed by atoms with E-state index in [1.165, 1.54) is 212 Å². The van der Waals surface area contributed by atoms with Crippen LogP contribution >= 0.6 is 0 Å². The number of hydrogen-bond acceptors (Lipinski definition) is 7. The zero-order valence-corrected chi connectivity index (χ0v) is 38.7. The molecule has 0 saturated carbocycles. The van der Waals surface area contributed by atoms with Crippen LogP contribution in [0.5, 0.6) is 0 Å². The van der Waals surface area contributed by atoms with Gasteiger partial charge in [-0.25, -0.2) is 0 Å². The Labute approximate surface area is 357 Å². The molecule has 0 aliphatic carbocycles. The van der Waals surface area contributed by atoms with Crippen LogP contribution in [0.25, 0.3) is 0 Å². The van der Waals surface area contributed by atoms with Gasteiger partial charge in [0.25, 0.3) is 23.8 Å². The molecule has 0 aliphatic heterocycles. The minimum Gasteiger partial charge on any atom is -0.483 e. The Morgan fingerprint density at radius 1 is 0.466 bits per heavy atom. The second-order valence-corrected chi connectivity index (χ2v) is 16.9. The van der Waals surface area contributed by atoms with E-state index in [1.54, 1.807) is 7.05 Å². The first-order chi connectivity index (χ1) is 28.3. The van der Waals surface area contributed by atoms with Gasteiger partial charge in [0.2, 0.25) is 0 Å². The van der Waals surface area contributed by atoms with E-state index in [4.69, 9.17) is 19.8 Å². The third kappa shape index (κ3) is 34.4. The summed E-state index contributed by atoms with van der Waals surface area (Å²) in [5.74, 6) is 1.91. The first kappa shape index (κ1) is 57.7. The van der Waals surface area contributed by atoms with Crippen molar-refractivity contribution in [3.63, 3.8) is 0 Å². The predicted molar refractivity (Wildman–Crippen MR) is 251 cm³/mol. The highest BCUT2D eigenvalue weighted by Crippen LogP contribution is 2.25. The van der Waals surface area contributed by atoms with Crippen LogP contribution in [0.3, 0.4) is 0 Å². The summed E-state index contributed by atoms with van der Waals surface area (Å²) in [6.45, 7) is 13.0. The molecule has 0 radical (unpaired) electrons. The average Bonchev–Trinajstić information content (AvgIpc) is 3.22. The van der Waals surface area contributed by atoms with Crippen LogP contribution in [-0.4, -0.2) is 61.3 Å². The number of anilines is 2. The van der Waals surface area contributed by atoms with Crippen molar-refractivity contribution >= 4 is 24.3 Å². The van der Waals surface area contributed by atoms with Crippen LogP contribution in [-0.2, 0) is 9.59 Å². The highest BCUT2D eigenvalue weighted by Gasteiger charge is 2.19. The van der Waals surface area contributed by atoms with Crippen molar-refractivity contribution in [1.29, 1.82) is 0 Å². The molecule has 0 saturated heterocycles. The van der Waals surface area contributed by atoms with E-state index in [1.807, 2.05) is 0 Å². The quantitative estimate of drug-likeness (QED) is 0.0289. The van der Waals surface area contributed by atoms with Crippen LogP contribution < -0.4 is 21.5 Å². The molecule has 9 nitrogen and oxygen atoms in total. The van der Waals surface area contributed by atoms with Crippen molar-refractivity contribution in [2.24, 2.45) is 11.8 Å². The van der Waals surface area contributed by atoms with Crippen LogP contribution in [0, 0.1) is 11.8 Å².